The van der Waals surface area contributed by atoms with Crippen molar-refractivity contribution in [1.29, 1.82) is 0 Å². The molecule has 3 nitrogen and oxygen atoms in total. The minimum absolute atomic E-state index is 0.0387. The van der Waals surface area contributed by atoms with E-state index < -0.39 is 0 Å². The lowest BCUT2D eigenvalue weighted by molar-refractivity contribution is -0.148. The van der Waals surface area contributed by atoms with Crippen molar-refractivity contribution >= 4 is 5.97 Å². The van der Waals surface area contributed by atoms with E-state index in [-0.39, 0.29) is 11.9 Å². The van der Waals surface area contributed by atoms with Crippen LogP contribution < -0.4 is 5.32 Å². The van der Waals surface area contributed by atoms with Crippen molar-refractivity contribution in [2.45, 2.75) is 52.9 Å². The first kappa shape index (κ1) is 15.4. The van der Waals surface area contributed by atoms with Gasteiger partial charge in [-0.1, -0.05) is 39.5 Å². The van der Waals surface area contributed by atoms with Crippen molar-refractivity contribution in [3.63, 3.8) is 0 Å². The Kier molecular flexibility index (Phi) is 10.5. The summed E-state index contributed by atoms with van der Waals surface area (Å²) in [5, 5.41) is 3.23. The van der Waals surface area contributed by atoms with Gasteiger partial charge < -0.3 is 10.1 Å². The van der Waals surface area contributed by atoms with Crippen LogP contribution in [0, 0.1) is 5.92 Å². The third kappa shape index (κ3) is 7.69. The topological polar surface area (TPSA) is 38.3 Å². The molecule has 0 aromatic heterocycles. The molecule has 1 atom stereocenters. The Labute approximate surface area is 99.9 Å². The van der Waals surface area contributed by atoms with Crippen molar-refractivity contribution in [3.05, 3.63) is 0 Å². The normalized spacial score (nSPS) is 12.4. The molecule has 1 N–H and O–H groups in total. The molecular weight excluding hydrogens is 202 g/mol. The van der Waals surface area contributed by atoms with Gasteiger partial charge in [0.25, 0.3) is 0 Å². The minimum atomic E-state index is -0.0417. The summed E-state index contributed by atoms with van der Waals surface area (Å²) in [7, 11) is 0. The summed E-state index contributed by atoms with van der Waals surface area (Å²) in [4.78, 5) is 11.7. The van der Waals surface area contributed by atoms with E-state index in [0.717, 1.165) is 25.9 Å². The summed E-state index contributed by atoms with van der Waals surface area (Å²) in [6.45, 7) is 8.25. The van der Waals surface area contributed by atoms with Crippen LogP contribution in [0.5, 0.6) is 0 Å². The van der Waals surface area contributed by atoms with E-state index in [1.165, 1.54) is 19.3 Å². The lowest BCUT2D eigenvalue weighted by atomic mass is 10.0. The van der Waals surface area contributed by atoms with Gasteiger partial charge in [0.1, 0.15) is 0 Å². The number of nitrogens with one attached hydrogen (secondary N) is 1. The quantitative estimate of drug-likeness (QED) is 0.462. The van der Waals surface area contributed by atoms with Gasteiger partial charge in [0.05, 0.1) is 12.5 Å². The van der Waals surface area contributed by atoms with Crippen molar-refractivity contribution in [3.8, 4) is 0 Å². The highest BCUT2D eigenvalue weighted by Crippen LogP contribution is 2.12. The third-order valence-corrected chi connectivity index (χ3v) is 2.67. The highest BCUT2D eigenvalue weighted by atomic mass is 16.5. The number of esters is 1. The molecule has 0 aromatic carbocycles. The fraction of sp³-hybridized carbons (Fsp3) is 0.923. The van der Waals surface area contributed by atoms with Gasteiger partial charge in [-0.05, 0) is 19.9 Å². The monoisotopic (exact) mass is 229 g/mol. The first-order valence-electron chi connectivity index (χ1n) is 6.63. The number of ether oxygens (including phenoxy) is 1. The van der Waals surface area contributed by atoms with E-state index in [9.17, 15) is 4.79 Å². The van der Waals surface area contributed by atoms with Crippen molar-refractivity contribution in [2.24, 2.45) is 5.92 Å². The molecule has 0 saturated heterocycles. The summed E-state index contributed by atoms with van der Waals surface area (Å²) in [6, 6.07) is 0. The highest BCUT2D eigenvalue weighted by molar-refractivity contribution is 5.72. The fourth-order valence-corrected chi connectivity index (χ4v) is 1.70. The number of hydrogen-bond acceptors (Lipinski definition) is 3. The molecule has 96 valence electrons. The van der Waals surface area contributed by atoms with Crippen LogP contribution in [0.3, 0.4) is 0 Å². The molecule has 0 fully saturated rings. The predicted octanol–water partition coefficient (Wildman–Crippen LogP) is 2.75. The van der Waals surface area contributed by atoms with E-state index in [1.807, 2.05) is 6.92 Å². The van der Waals surface area contributed by atoms with Crippen molar-refractivity contribution < 1.29 is 9.53 Å². The molecule has 0 heterocycles. The summed E-state index contributed by atoms with van der Waals surface area (Å²) < 4.78 is 5.08. The number of rotatable bonds is 10. The van der Waals surface area contributed by atoms with E-state index in [0.29, 0.717) is 6.61 Å². The molecule has 0 aliphatic carbocycles. The standard InChI is InChI=1S/C13H27NO2/c1-4-7-8-9-10-12(11-14-5-2)13(15)16-6-3/h12,14H,4-11H2,1-3H3. The Morgan fingerprint density at radius 3 is 2.50 bits per heavy atom. The molecule has 0 spiro atoms. The van der Waals surface area contributed by atoms with Crippen molar-refractivity contribution in [2.75, 3.05) is 19.7 Å². The van der Waals surface area contributed by atoms with E-state index in [2.05, 4.69) is 19.2 Å². The zero-order valence-electron chi connectivity index (χ0n) is 11.1. The molecule has 0 aliphatic heterocycles. The molecule has 0 amide bonds. The average molecular weight is 229 g/mol. The Balaban J connectivity index is 3.84. The minimum Gasteiger partial charge on any atom is -0.466 e. The molecule has 0 saturated carbocycles. The molecule has 0 rings (SSSR count). The van der Waals surface area contributed by atoms with Crippen LogP contribution in [-0.4, -0.2) is 25.7 Å². The van der Waals surface area contributed by atoms with Crippen LogP contribution in [0.15, 0.2) is 0 Å². The zero-order chi connectivity index (χ0) is 12.2. The summed E-state index contributed by atoms with van der Waals surface area (Å²) in [5.41, 5.74) is 0. The first-order valence-corrected chi connectivity index (χ1v) is 6.63. The van der Waals surface area contributed by atoms with Crippen molar-refractivity contribution in [1.82, 2.24) is 5.32 Å². The Morgan fingerprint density at radius 1 is 1.19 bits per heavy atom. The largest absolute Gasteiger partial charge is 0.466 e. The Morgan fingerprint density at radius 2 is 1.94 bits per heavy atom. The van der Waals surface area contributed by atoms with Crippen LogP contribution >= 0.6 is 0 Å². The van der Waals surface area contributed by atoms with Gasteiger partial charge in [-0.25, -0.2) is 0 Å². The smallest absolute Gasteiger partial charge is 0.310 e. The van der Waals surface area contributed by atoms with Gasteiger partial charge in [-0.2, -0.15) is 0 Å². The number of carbonyl (C=O) groups excluding carboxylic acids is 1. The molecular formula is C13H27NO2. The van der Waals surface area contributed by atoms with Crippen LogP contribution in [0.2, 0.25) is 0 Å². The third-order valence-electron chi connectivity index (χ3n) is 2.67. The molecule has 0 bridgehead atoms. The zero-order valence-corrected chi connectivity index (χ0v) is 11.1. The Bertz CT molecular complexity index is 171. The molecule has 3 heteroatoms. The summed E-state index contributed by atoms with van der Waals surface area (Å²) >= 11 is 0. The SMILES string of the molecule is CCCCCCC(CNCC)C(=O)OCC. The van der Waals surface area contributed by atoms with E-state index in [4.69, 9.17) is 4.74 Å². The summed E-state index contributed by atoms with van der Waals surface area (Å²) in [5.74, 6) is -0.00305. The van der Waals surface area contributed by atoms with Gasteiger partial charge in [0.15, 0.2) is 0 Å². The van der Waals surface area contributed by atoms with Gasteiger partial charge in [0.2, 0.25) is 0 Å². The van der Waals surface area contributed by atoms with Crippen LogP contribution in [0.4, 0.5) is 0 Å². The van der Waals surface area contributed by atoms with Crippen LogP contribution in [0.1, 0.15) is 52.9 Å². The van der Waals surface area contributed by atoms with Crippen LogP contribution in [0.25, 0.3) is 0 Å². The highest BCUT2D eigenvalue weighted by Gasteiger charge is 2.18. The predicted molar refractivity (Wildman–Crippen MR) is 67.4 cm³/mol. The molecule has 16 heavy (non-hydrogen) atoms. The second-order valence-corrected chi connectivity index (χ2v) is 4.11. The molecule has 0 radical (unpaired) electrons. The second-order valence-electron chi connectivity index (χ2n) is 4.11. The van der Waals surface area contributed by atoms with Gasteiger partial charge in [-0.15, -0.1) is 0 Å². The van der Waals surface area contributed by atoms with Gasteiger partial charge >= 0.3 is 5.97 Å². The maximum absolute atomic E-state index is 11.7. The van der Waals surface area contributed by atoms with E-state index >= 15 is 0 Å². The maximum Gasteiger partial charge on any atom is 0.310 e. The molecule has 1 unspecified atom stereocenters. The molecule has 0 aromatic rings. The van der Waals surface area contributed by atoms with E-state index in [1.54, 1.807) is 0 Å². The second kappa shape index (κ2) is 10.9. The Hall–Kier alpha value is -0.570. The van der Waals surface area contributed by atoms with Crippen LogP contribution in [-0.2, 0) is 9.53 Å². The van der Waals surface area contributed by atoms with Gasteiger partial charge in [-0.3, -0.25) is 4.79 Å². The lowest BCUT2D eigenvalue weighted by Gasteiger charge is -2.15. The molecule has 0 aliphatic rings. The lowest BCUT2D eigenvalue weighted by Crippen LogP contribution is -2.29. The average Bonchev–Trinajstić information content (AvgIpc) is 2.28. The number of unbranched alkanes of at least 4 members (excludes halogenated alkanes) is 3. The number of carbonyl (C=O) groups is 1. The summed E-state index contributed by atoms with van der Waals surface area (Å²) in [6.07, 6.45) is 5.79. The van der Waals surface area contributed by atoms with Gasteiger partial charge in [0, 0.05) is 6.54 Å². The first-order chi connectivity index (χ1) is 7.76. The maximum atomic E-state index is 11.7. The fourth-order valence-electron chi connectivity index (χ4n) is 1.70. The number of hydrogen-bond donors (Lipinski definition) is 1.